The van der Waals surface area contributed by atoms with E-state index in [0.29, 0.717) is 22.5 Å². The molecular formula is C15H30N2. The second-order valence-electron chi connectivity index (χ2n) is 7.91. The van der Waals surface area contributed by atoms with Gasteiger partial charge < -0.3 is 0 Å². The third kappa shape index (κ3) is 1.84. The van der Waals surface area contributed by atoms with Crippen molar-refractivity contribution in [2.24, 2.45) is 5.41 Å². The van der Waals surface area contributed by atoms with Gasteiger partial charge in [0.05, 0.1) is 0 Å². The second kappa shape index (κ2) is 3.71. The van der Waals surface area contributed by atoms with Crippen LogP contribution in [0.2, 0.25) is 0 Å². The lowest BCUT2D eigenvalue weighted by Crippen LogP contribution is -2.57. The van der Waals surface area contributed by atoms with Crippen molar-refractivity contribution in [1.82, 2.24) is 9.80 Å². The van der Waals surface area contributed by atoms with E-state index in [1.807, 2.05) is 0 Å². The molecule has 2 fully saturated rings. The largest absolute Gasteiger partial charge is 0.298 e. The van der Waals surface area contributed by atoms with Gasteiger partial charge >= 0.3 is 0 Å². The van der Waals surface area contributed by atoms with E-state index in [4.69, 9.17) is 0 Å². The SMILES string of the molecule is CC(C)N1C[C@@]2(C)CCN(C(C)(C)C)[C@@]2(C)C1. The summed E-state index contributed by atoms with van der Waals surface area (Å²) in [6, 6.07) is 0.677. The van der Waals surface area contributed by atoms with Crippen LogP contribution in [0.15, 0.2) is 0 Å². The fourth-order valence-electron chi connectivity index (χ4n) is 4.07. The van der Waals surface area contributed by atoms with Crippen LogP contribution in [-0.4, -0.2) is 46.6 Å². The summed E-state index contributed by atoms with van der Waals surface area (Å²) in [6.07, 6.45) is 1.35. The first-order valence-corrected chi connectivity index (χ1v) is 7.12. The number of hydrogen-bond donors (Lipinski definition) is 0. The Morgan fingerprint density at radius 2 is 1.65 bits per heavy atom. The molecule has 0 unspecified atom stereocenters. The average molecular weight is 238 g/mol. The predicted molar refractivity (Wildman–Crippen MR) is 74.3 cm³/mol. The lowest BCUT2D eigenvalue weighted by atomic mass is 9.74. The molecule has 2 saturated heterocycles. The van der Waals surface area contributed by atoms with Gasteiger partial charge in [0, 0.05) is 35.6 Å². The Balaban J connectivity index is 2.30. The van der Waals surface area contributed by atoms with Crippen LogP contribution in [0.3, 0.4) is 0 Å². The zero-order valence-corrected chi connectivity index (χ0v) is 12.8. The van der Waals surface area contributed by atoms with Gasteiger partial charge in [0.2, 0.25) is 0 Å². The summed E-state index contributed by atoms with van der Waals surface area (Å²) in [5, 5.41) is 0. The molecule has 0 aromatic heterocycles. The Morgan fingerprint density at radius 1 is 1.06 bits per heavy atom. The standard InChI is InChI=1S/C15H30N2/c1-12(2)16-10-14(6)8-9-17(13(3,4)5)15(14,7)11-16/h12H,8-11H2,1-7H3/t14-,15+/m1/s1. The monoisotopic (exact) mass is 238 g/mol. The first kappa shape index (κ1) is 13.4. The van der Waals surface area contributed by atoms with Crippen molar-refractivity contribution in [2.75, 3.05) is 19.6 Å². The molecule has 0 radical (unpaired) electrons. The van der Waals surface area contributed by atoms with Gasteiger partial charge in [-0.05, 0) is 54.5 Å². The summed E-state index contributed by atoms with van der Waals surface area (Å²) < 4.78 is 0. The molecule has 17 heavy (non-hydrogen) atoms. The van der Waals surface area contributed by atoms with Crippen molar-refractivity contribution < 1.29 is 0 Å². The van der Waals surface area contributed by atoms with Crippen LogP contribution in [0, 0.1) is 5.41 Å². The van der Waals surface area contributed by atoms with Crippen molar-refractivity contribution in [3.63, 3.8) is 0 Å². The average Bonchev–Trinajstić information content (AvgIpc) is 2.50. The zero-order chi connectivity index (χ0) is 13.1. The molecular weight excluding hydrogens is 208 g/mol. The quantitative estimate of drug-likeness (QED) is 0.693. The lowest BCUT2D eigenvalue weighted by molar-refractivity contribution is 0.0251. The highest BCUT2D eigenvalue weighted by molar-refractivity contribution is 5.16. The van der Waals surface area contributed by atoms with Crippen LogP contribution < -0.4 is 0 Å². The molecule has 2 rings (SSSR count). The second-order valence-corrected chi connectivity index (χ2v) is 7.91. The van der Waals surface area contributed by atoms with Gasteiger partial charge in [0.15, 0.2) is 0 Å². The Morgan fingerprint density at radius 3 is 2.12 bits per heavy atom. The molecule has 2 heteroatoms. The van der Waals surface area contributed by atoms with Gasteiger partial charge in [-0.1, -0.05) is 6.92 Å². The summed E-state index contributed by atoms with van der Waals surface area (Å²) in [7, 11) is 0. The van der Waals surface area contributed by atoms with Gasteiger partial charge in [-0.15, -0.1) is 0 Å². The van der Waals surface area contributed by atoms with E-state index in [9.17, 15) is 0 Å². The van der Waals surface area contributed by atoms with E-state index in [-0.39, 0.29) is 0 Å². The van der Waals surface area contributed by atoms with E-state index in [1.165, 1.54) is 26.1 Å². The topological polar surface area (TPSA) is 6.48 Å². The van der Waals surface area contributed by atoms with Crippen molar-refractivity contribution >= 4 is 0 Å². The van der Waals surface area contributed by atoms with Crippen LogP contribution in [0.5, 0.6) is 0 Å². The number of likely N-dealkylation sites (tertiary alicyclic amines) is 2. The maximum atomic E-state index is 2.75. The lowest BCUT2D eigenvalue weighted by Gasteiger charge is -2.47. The molecule has 0 aliphatic carbocycles. The minimum absolute atomic E-state index is 0.291. The molecule has 2 aliphatic rings. The highest BCUT2D eigenvalue weighted by Crippen LogP contribution is 2.53. The fraction of sp³-hybridized carbons (Fsp3) is 1.00. The molecule has 0 aromatic carbocycles. The van der Waals surface area contributed by atoms with Crippen LogP contribution in [0.25, 0.3) is 0 Å². The number of hydrogen-bond acceptors (Lipinski definition) is 2. The Labute approximate surface area is 107 Å². The Hall–Kier alpha value is -0.0800. The molecule has 0 bridgehead atoms. The maximum absolute atomic E-state index is 2.75. The summed E-state index contributed by atoms with van der Waals surface area (Å²) in [6.45, 7) is 20.5. The number of fused-ring (bicyclic) bond motifs is 1. The van der Waals surface area contributed by atoms with Crippen LogP contribution in [0.4, 0.5) is 0 Å². The molecule has 0 saturated carbocycles. The highest BCUT2D eigenvalue weighted by Gasteiger charge is 2.60. The summed E-state index contributed by atoms with van der Waals surface area (Å²) >= 11 is 0. The van der Waals surface area contributed by atoms with Crippen molar-refractivity contribution in [1.29, 1.82) is 0 Å². The van der Waals surface area contributed by atoms with Crippen LogP contribution >= 0.6 is 0 Å². The molecule has 100 valence electrons. The van der Waals surface area contributed by atoms with E-state index in [0.717, 1.165) is 0 Å². The van der Waals surface area contributed by atoms with Crippen LogP contribution in [-0.2, 0) is 0 Å². The first-order chi connectivity index (χ1) is 7.60. The minimum atomic E-state index is 0.291. The Kier molecular flexibility index (Phi) is 2.91. The molecule has 0 spiro atoms. The predicted octanol–water partition coefficient (Wildman–Crippen LogP) is 2.98. The van der Waals surface area contributed by atoms with Gasteiger partial charge in [-0.2, -0.15) is 0 Å². The molecule has 2 heterocycles. The van der Waals surface area contributed by atoms with Gasteiger partial charge in [0.25, 0.3) is 0 Å². The number of nitrogens with zero attached hydrogens (tertiary/aromatic N) is 2. The molecule has 2 atom stereocenters. The maximum Gasteiger partial charge on any atom is 0.0379 e. The molecule has 0 N–H and O–H groups in total. The van der Waals surface area contributed by atoms with E-state index < -0.39 is 0 Å². The van der Waals surface area contributed by atoms with E-state index in [2.05, 4.69) is 58.3 Å². The number of rotatable bonds is 1. The smallest absolute Gasteiger partial charge is 0.0379 e. The molecule has 2 aliphatic heterocycles. The zero-order valence-electron chi connectivity index (χ0n) is 12.8. The minimum Gasteiger partial charge on any atom is -0.298 e. The third-order valence-corrected chi connectivity index (χ3v) is 5.39. The summed E-state index contributed by atoms with van der Waals surface area (Å²) in [4.78, 5) is 5.42. The van der Waals surface area contributed by atoms with Crippen LogP contribution in [0.1, 0.15) is 54.9 Å². The fourth-order valence-corrected chi connectivity index (χ4v) is 4.07. The summed E-state index contributed by atoms with van der Waals surface area (Å²) in [5.41, 5.74) is 1.12. The van der Waals surface area contributed by atoms with Gasteiger partial charge in [-0.25, -0.2) is 0 Å². The normalized spacial score (nSPS) is 40.2. The third-order valence-electron chi connectivity index (χ3n) is 5.39. The molecule has 0 amide bonds. The first-order valence-electron chi connectivity index (χ1n) is 7.12. The summed E-state index contributed by atoms with van der Waals surface area (Å²) in [5.74, 6) is 0. The highest BCUT2D eigenvalue weighted by atomic mass is 15.4. The van der Waals surface area contributed by atoms with Gasteiger partial charge in [0.1, 0.15) is 0 Å². The van der Waals surface area contributed by atoms with Crippen molar-refractivity contribution in [3.8, 4) is 0 Å². The van der Waals surface area contributed by atoms with Crippen molar-refractivity contribution in [2.45, 2.75) is 72.0 Å². The van der Waals surface area contributed by atoms with Crippen molar-refractivity contribution in [3.05, 3.63) is 0 Å². The molecule has 0 aromatic rings. The van der Waals surface area contributed by atoms with Gasteiger partial charge in [-0.3, -0.25) is 9.80 Å². The Bertz CT molecular complexity index is 305. The van der Waals surface area contributed by atoms with E-state index in [1.54, 1.807) is 0 Å². The van der Waals surface area contributed by atoms with E-state index >= 15 is 0 Å². The molecule has 2 nitrogen and oxygen atoms in total.